The average molecular weight is 279 g/mol. The van der Waals surface area contributed by atoms with Gasteiger partial charge >= 0.3 is 0 Å². The van der Waals surface area contributed by atoms with Crippen LogP contribution >= 0.6 is 0 Å². The maximum Gasteiger partial charge on any atom is 0.162 e. The summed E-state index contributed by atoms with van der Waals surface area (Å²) in [6, 6.07) is 15.1. The van der Waals surface area contributed by atoms with Gasteiger partial charge in [0.2, 0.25) is 0 Å². The van der Waals surface area contributed by atoms with Crippen molar-refractivity contribution in [2.45, 2.75) is 39.0 Å². The standard InChI is InChI=1S/C12H13S.C3H8.C2H6.CH3/c1-13(2)12-9-5-7-10-6-3-4-8-11(10)12;1-3-2;1-2;/h3-9H,1-2H3;3H2,1-2H3;1-2H3;1H3/q+1;;;-1. The first kappa shape index (κ1) is 20.4. The molecule has 2 aromatic rings. The van der Waals surface area contributed by atoms with Crippen molar-refractivity contribution in [1.82, 2.24) is 0 Å². The molecule has 0 nitrogen and oxygen atoms in total. The van der Waals surface area contributed by atoms with Crippen LogP contribution < -0.4 is 0 Å². The van der Waals surface area contributed by atoms with Crippen molar-refractivity contribution in [2.75, 3.05) is 12.5 Å². The highest BCUT2D eigenvalue weighted by Gasteiger charge is 2.11. The molecule has 0 saturated heterocycles. The fraction of sp³-hybridized carbons (Fsp3) is 0.389. The van der Waals surface area contributed by atoms with Crippen LogP contribution in [-0.2, 0) is 10.9 Å². The summed E-state index contributed by atoms with van der Waals surface area (Å²) >= 11 is 0. The fourth-order valence-electron chi connectivity index (χ4n) is 1.55. The Balaban J connectivity index is 0. The predicted octanol–water partition coefficient (Wildman–Crippen LogP) is 5.97. The smallest absolute Gasteiger partial charge is 0.162 e. The van der Waals surface area contributed by atoms with Crippen LogP contribution in [0.2, 0.25) is 0 Å². The zero-order chi connectivity index (χ0) is 14.0. The van der Waals surface area contributed by atoms with Crippen LogP contribution in [-0.4, -0.2) is 12.5 Å². The van der Waals surface area contributed by atoms with Gasteiger partial charge in [0, 0.05) is 16.3 Å². The lowest BCUT2D eigenvalue weighted by molar-refractivity contribution is 1.09. The highest BCUT2D eigenvalue weighted by molar-refractivity contribution is 7.95. The Kier molecular flexibility index (Phi) is 13.0. The van der Waals surface area contributed by atoms with E-state index in [1.165, 1.54) is 22.1 Å². The van der Waals surface area contributed by atoms with Gasteiger partial charge in [0.1, 0.15) is 12.5 Å². The van der Waals surface area contributed by atoms with E-state index in [2.05, 4.69) is 68.8 Å². The largest absolute Gasteiger partial charge is 0.358 e. The molecule has 0 aliphatic heterocycles. The normalized spacial score (nSPS) is 8.79. The van der Waals surface area contributed by atoms with Crippen molar-refractivity contribution in [3.05, 3.63) is 49.9 Å². The first-order valence-corrected chi connectivity index (χ1v) is 8.80. The lowest BCUT2D eigenvalue weighted by Gasteiger charge is -2.01. The Morgan fingerprint density at radius 3 is 1.84 bits per heavy atom. The molecule has 0 bridgehead atoms. The molecule has 2 aromatic carbocycles. The van der Waals surface area contributed by atoms with Gasteiger partial charge in [0.15, 0.2) is 4.90 Å². The van der Waals surface area contributed by atoms with E-state index < -0.39 is 0 Å². The summed E-state index contributed by atoms with van der Waals surface area (Å²) in [7, 11) is 0.346. The van der Waals surface area contributed by atoms with Crippen LogP contribution in [0.4, 0.5) is 0 Å². The summed E-state index contributed by atoms with van der Waals surface area (Å²) in [4.78, 5) is 1.47. The second-order valence-electron chi connectivity index (χ2n) is 4.00. The molecule has 0 heterocycles. The molecule has 0 unspecified atom stereocenters. The van der Waals surface area contributed by atoms with Gasteiger partial charge in [0.05, 0.1) is 0 Å². The van der Waals surface area contributed by atoms with Gasteiger partial charge in [-0.1, -0.05) is 64.4 Å². The van der Waals surface area contributed by atoms with Crippen LogP contribution in [0.5, 0.6) is 0 Å². The van der Waals surface area contributed by atoms with Crippen molar-refractivity contribution < 1.29 is 0 Å². The van der Waals surface area contributed by atoms with Crippen molar-refractivity contribution in [3.8, 4) is 0 Å². The van der Waals surface area contributed by atoms with Gasteiger partial charge in [0.25, 0.3) is 0 Å². The quantitative estimate of drug-likeness (QED) is 0.445. The summed E-state index contributed by atoms with van der Waals surface area (Å²) in [6.45, 7) is 8.25. The van der Waals surface area contributed by atoms with E-state index in [0.717, 1.165) is 0 Å². The second kappa shape index (κ2) is 12.1. The average Bonchev–Trinajstić information content (AvgIpc) is 2.41. The molecule has 0 aromatic heterocycles. The Morgan fingerprint density at radius 1 is 0.842 bits per heavy atom. The van der Waals surface area contributed by atoms with Crippen LogP contribution in [0.3, 0.4) is 0 Å². The molecule has 0 amide bonds. The van der Waals surface area contributed by atoms with E-state index in [-0.39, 0.29) is 7.43 Å². The Hall–Kier alpha value is -0.950. The molecule has 1 heteroatoms. The summed E-state index contributed by atoms with van der Waals surface area (Å²) in [5.41, 5.74) is 0. The summed E-state index contributed by atoms with van der Waals surface area (Å²) in [5.74, 6) is 0. The minimum atomic E-state index is 0. The lowest BCUT2D eigenvalue weighted by atomic mass is 10.1. The molecule has 0 atom stereocenters. The van der Waals surface area contributed by atoms with Crippen LogP contribution in [0.25, 0.3) is 10.8 Å². The van der Waals surface area contributed by atoms with Gasteiger partial charge in [-0.25, -0.2) is 0 Å². The van der Waals surface area contributed by atoms with E-state index in [1.807, 2.05) is 13.8 Å². The second-order valence-corrected chi connectivity index (χ2v) is 6.07. The molecular formula is C18H30S. The van der Waals surface area contributed by atoms with Gasteiger partial charge < -0.3 is 7.43 Å². The van der Waals surface area contributed by atoms with Crippen molar-refractivity contribution in [2.24, 2.45) is 0 Å². The maximum absolute atomic E-state index is 2.27. The van der Waals surface area contributed by atoms with E-state index in [0.29, 0.717) is 10.9 Å². The molecule has 108 valence electrons. The summed E-state index contributed by atoms with van der Waals surface area (Å²) in [5, 5.41) is 2.75. The van der Waals surface area contributed by atoms with Crippen LogP contribution in [0.1, 0.15) is 34.1 Å². The third kappa shape index (κ3) is 6.68. The predicted molar refractivity (Wildman–Crippen MR) is 95.2 cm³/mol. The topological polar surface area (TPSA) is 0 Å². The maximum atomic E-state index is 2.27. The minimum absolute atomic E-state index is 0. The number of fused-ring (bicyclic) bond motifs is 1. The lowest BCUT2D eigenvalue weighted by Crippen LogP contribution is -1.95. The van der Waals surface area contributed by atoms with Crippen molar-refractivity contribution in [1.29, 1.82) is 0 Å². The first-order chi connectivity index (χ1) is 8.70. The molecule has 0 N–H and O–H groups in total. The van der Waals surface area contributed by atoms with E-state index in [1.54, 1.807) is 0 Å². The molecule has 2 rings (SSSR count). The minimum Gasteiger partial charge on any atom is -0.358 e. The third-order valence-corrected chi connectivity index (χ3v) is 3.43. The molecule has 0 spiro atoms. The number of rotatable bonds is 1. The molecule has 0 saturated carbocycles. The molecule has 0 aliphatic rings. The number of hydrogen-bond donors (Lipinski definition) is 0. The van der Waals surface area contributed by atoms with Gasteiger partial charge in [-0.3, -0.25) is 0 Å². The Morgan fingerprint density at radius 2 is 1.32 bits per heavy atom. The molecule has 0 aliphatic carbocycles. The van der Waals surface area contributed by atoms with Crippen LogP contribution in [0.15, 0.2) is 47.4 Å². The van der Waals surface area contributed by atoms with Crippen molar-refractivity contribution in [3.63, 3.8) is 0 Å². The highest BCUT2D eigenvalue weighted by atomic mass is 32.2. The van der Waals surface area contributed by atoms with Gasteiger partial charge in [-0.2, -0.15) is 0 Å². The van der Waals surface area contributed by atoms with Crippen LogP contribution in [0, 0.1) is 7.43 Å². The Labute approximate surface area is 123 Å². The molecule has 0 fully saturated rings. The van der Waals surface area contributed by atoms with Crippen molar-refractivity contribution >= 4 is 21.7 Å². The third-order valence-electron chi connectivity index (χ3n) is 2.19. The molecular weight excluding hydrogens is 248 g/mol. The highest BCUT2D eigenvalue weighted by Crippen LogP contribution is 2.22. The zero-order valence-electron chi connectivity index (χ0n) is 13.7. The molecule has 0 radical (unpaired) electrons. The first-order valence-electron chi connectivity index (χ1n) is 6.76. The number of benzene rings is 2. The van der Waals surface area contributed by atoms with Gasteiger partial charge in [-0.15, -0.1) is 0 Å². The SMILES string of the molecule is CC.CCC.C[S+](C)c1cccc2ccccc12.[CH3-]. The van der Waals surface area contributed by atoms with E-state index in [4.69, 9.17) is 0 Å². The number of hydrogen-bond acceptors (Lipinski definition) is 0. The molecule has 19 heavy (non-hydrogen) atoms. The zero-order valence-corrected chi connectivity index (χ0v) is 14.5. The fourth-order valence-corrected chi connectivity index (χ4v) is 2.53. The van der Waals surface area contributed by atoms with E-state index >= 15 is 0 Å². The summed E-state index contributed by atoms with van der Waals surface area (Å²) < 4.78 is 0. The van der Waals surface area contributed by atoms with Gasteiger partial charge in [-0.05, 0) is 17.5 Å². The summed E-state index contributed by atoms with van der Waals surface area (Å²) in [6.07, 6.45) is 5.78. The van der Waals surface area contributed by atoms with E-state index in [9.17, 15) is 0 Å². The Bertz CT molecular complexity index is 427. The monoisotopic (exact) mass is 278 g/mol.